The average molecular weight is 509 g/mol. The van der Waals surface area contributed by atoms with Gasteiger partial charge in [0.2, 0.25) is 5.75 Å². The van der Waals surface area contributed by atoms with Gasteiger partial charge in [0.15, 0.2) is 23.0 Å². The molecule has 0 aliphatic rings. The third-order valence-corrected chi connectivity index (χ3v) is 5.10. The Morgan fingerprint density at radius 2 is 1.43 bits per heavy atom. The van der Waals surface area contributed by atoms with E-state index in [0.717, 1.165) is 0 Å². The first kappa shape index (κ1) is 26.9. The number of rotatable bonds is 11. The molecule has 3 aromatic carbocycles. The Kier molecular flexibility index (Phi) is 9.31. The van der Waals surface area contributed by atoms with Crippen molar-refractivity contribution in [3.8, 4) is 34.5 Å². The van der Waals surface area contributed by atoms with Gasteiger partial charge in [0.1, 0.15) is 5.75 Å². The minimum atomic E-state index is -0.541. The highest BCUT2D eigenvalue weighted by Gasteiger charge is 2.17. The molecule has 0 aliphatic carbocycles. The summed E-state index contributed by atoms with van der Waals surface area (Å²) in [7, 11) is 5.86. The van der Waals surface area contributed by atoms with Crippen molar-refractivity contribution in [1.29, 1.82) is 0 Å². The number of nitrogens with one attached hydrogen (secondary N) is 1. The van der Waals surface area contributed by atoms with Crippen molar-refractivity contribution in [3.05, 3.63) is 71.3 Å². The highest BCUT2D eigenvalue weighted by molar-refractivity contribution is 5.96. The van der Waals surface area contributed by atoms with Crippen LogP contribution in [0.1, 0.15) is 33.2 Å². The fourth-order valence-corrected chi connectivity index (χ4v) is 3.30. The van der Waals surface area contributed by atoms with E-state index >= 15 is 0 Å². The van der Waals surface area contributed by atoms with E-state index in [-0.39, 0.29) is 11.3 Å². The van der Waals surface area contributed by atoms with Gasteiger partial charge in [-0.05, 0) is 67.1 Å². The average Bonchev–Trinajstić information content (AvgIpc) is 2.93. The Balaban J connectivity index is 1.69. The van der Waals surface area contributed by atoms with E-state index in [1.54, 1.807) is 42.5 Å². The van der Waals surface area contributed by atoms with Crippen LogP contribution in [-0.4, -0.2) is 53.1 Å². The number of amides is 1. The molecule has 194 valence electrons. The summed E-state index contributed by atoms with van der Waals surface area (Å²) < 4.78 is 32.0. The van der Waals surface area contributed by atoms with Crippen molar-refractivity contribution < 1.29 is 38.0 Å². The largest absolute Gasteiger partial charge is 0.494 e. The fraction of sp³-hybridized carbons (Fsp3) is 0.222. The molecule has 0 atom stereocenters. The number of carbonyl (C=O) groups excluding carboxylic acids is 2. The lowest BCUT2D eigenvalue weighted by Crippen LogP contribution is -2.18. The molecular formula is C27H28N2O8. The molecule has 0 radical (unpaired) electrons. The van der Waals surface area contributed by atoms with E-state index < -0.39 is 11.9 Å². The number of carbonyl (C=O) groups is 2. The second-order valence-electron chi connectivity index (χ2n) is 7.37. The van der Waals surface area contributed by atoms with E-state index in [2.05, 4.69) is 10.5 Å². The predicted molar refractivity (Wildman–Crippen MR) is 137 cm³/mol. The zero-order valence-electron chi connectivity index (χ0n) is 21.2. The Hall–Kier alpha value is -4.73. The number of hydrogen-bond donors (Lipinski definition) is 1. The third kappa shape index (κ3) is 6.69. The molecule has 1 N–H and O–H groups in total. The zero-order valence-corrected chi connectivity index (χ0v) is 21.2. The Morgan fingerprint density at radius 3 is 2.00 bits per heavy atom. The highest BCUT2D eigenvalue weighted by atomic mass is 16.6. The van der Waals surface area contributed by atoms with Crippen molar-refractivity contribution in [2.75, 3.05) is 35.0 Å². The molecule has 1 amide bonds. The van der Waals surface area contributed by atoms with E-state index in [4.69, 9.17) is 28.4 Å². The van der Waals surface area contributed by atoms with Crippen LogP contribution in [0, 0.1) is 0 Å². The second-order valence-corrected chi connectivity index (χ2v) is 7.37. The fourth-order valence-electron chi connectivity index (χ4n) is 3.30. The van der Waals surface area contributed by atoms with Gasteiger partial charge in [-0.25, -0.2) is 10.2 Å². The summed E-state index contributed by atoms with van der Waals surface area (Å²) in [6.45, 7) is 2.41. The number of methoxy groups -OCH3 is 4. The van der Waals surface area contributed by atoms with Crippen LogP contribution in [0.25, 0.3) is 0 Å². The first-order chi connectivity index (χ1) is 17.9. The van der Waals surface area contributed by atoms with Crippen LogP contribution in [-0.2, 0) is 0 Å². The Morgan fingerprint density at radius 1 is 0.784 bits per heavy atom. The smallest absolute Gasteiger partial charge is 0.343 e. The number of ether oxygens (including phenoxy) is 6. The molecule has 0 unspecified atom stereocenters. The minimum Gasteiger partial charge on any atom is -0.494 e. The highest BCUT2D eigenvalue weighted by Crippen LogP contribution is 2.38. The van der Waals surface area contributed by atoms with E-state index in [1.165, 1.54) is 46.8 Å². The number of esters is 1. The maximum atomic E-state index is 12.6. The molecule has 0 saturated carbocycles. The van der Waals surface area contributed by atoms with Gasteiger partial charge in [-0.15, -0.1) is 0 Å². The Labute approximate surface area is 214 Å². The summed E-state index contributed by atoms with van der Waals surface area (Å²) in [4.78, 5) is 25.1. The Bertz CT molecular complexity index is 1250. The normalized spacial score (nSPS) is 10.5. The molecule has 0 heterocycles. The lowest BCUT2D eigenvalue weighted by atomic mass is 10.1. The summed E-state index contributed by atoms with van der Waals surface area (Å²) in [6.07, 6.45) is 1.43. The van der Waals surface area contributed by atoms with Crippen LogP contribution in [0.5, 0.6) is 34.5 Å². The lowest BCUT2D eigenvalue weighted by molar-refractivity contribution is 0.0729. The van der Waals surface area contributed by atoms with Crippen LogP contribution in [0.15, 0.2) is 59.7 Å². The van der Waals surface area contributed by atoms with Gasteiger partial charge in [-0.2, -0.15) is 5.10 Å². The molecule has 3 rings (SSSR count). The number of hydrazone groups is 1. The topological polar surface area (TPSA) is 114 Å². The molecule has 10 heteroatoms. The lowest BCUT2D eigenvalue weighted by Gasteiger charge is -2.13. The molecule has 0 aromatic heterocycles. The van der Waals surface area contributed by atoms with Crippen molar-refractivity contribution in [1.82, 2.24) is 5.43 Å². The van der Waals surface area contributed by atoms with Gasteiger partial charge in [-0.3, -0.25) is 4.79 Å². The van der Waals surface area contributed by atoms with Crippen molar-refractivity contribution in [2.24, 2.45) is 5.10 Å². The van der Waals surface area contributed by atoms with Crippen LogP contribution in [0.3, 0.4) is 0 Å². The van der Waals surface area contributed by atoms with Crippen LogP contribution in [0.2, 0.25) is 0 Å². The maximum Gasteiger partial charge on any atom is 0.343 e. The number of benzene rings is 3. The third-order valence-electron chi connectivity index (χ3n) is 5.10. The quantitative estimate of drug-likeness (QED) is 0.178. The standard InChI is InChI=1S/C27H28N2O8/c1-6-36-20-10-8-18(9-11-20)27(31)37-21-12-7-17(13-22(21)32-2)16-28-29-26(30)19-14-23(33-3)25(35-5)24(15-19)34-4/h7-16H,6H2,1-5H3,(H,29,30)/b28-16-. The maximum absolute atomic E-state index is 12.6. The van der Waals surface area contributed by atoms with Crippen molar-refractivity contribution in [2.45, 2.75) is 6.92 Å². The molecule has 3 aromatic rings. The van der Waals surface area contributed by atoms with E-state index in [9.17, 15) is 9.59 Å². The summed E-state index contributed by atoms with van der Waals surface area (Å²) in [6, 6.07) is 14.5. The van der Waals surface area contributed by atoms with Crippen molar-refractivity contribution >= 4 is 18.1 Å². The minimum absolute atomic E-state index is 0.236. The van der Waals surface area contributed by atoms with Crippen LogP contribution < -0.4 is 33.8 Å². The van der Waals surface area contributed by atoms with Gasteiger partial charge in [0, 0.05) is 5.56 Å². The summed E-state index contributed by atoms with van der Waals surface area (Å²) in [5.41, 5.74) is 3.68. The van der Waals surface area contributed by atoms with Gasteiger partial charge < -0.3 is 28.4 Å². The van der Waals surface area contributed by atoms with Crippen LogP contribution in [0.4, 0.5) is 0 Å². The van der Waals surface area contributed by atoms with Gasteiger partial charge in [0.05, 0.1) is 46.8 Å². The molecule has 0 fully saturated rings. The summed E-state index contributed by atoms with van der Waals surface area (Å²) in [5, 5.41) is 4.00. The van der Waals surface area contributed by atoms with E-state index in [1.807, 2.05) is 6.92 Å². The monoisotopic (exact) mass is 508 g/mol. The van der Waals surface area contributed by atoms with Crippen molar-refractivity contribution in [3.63, 3.8) is 0 Å². The number of nitrogens with zero attached hydrogens (tertiary/aromatic N) is 1. The van der Waals surface area contributed by atoms with Gasteiger partial charge in [-0.1, -0.05) is 0 Å². The number of hydrogen-bond acceptors (Lipinski definition) is 9. The first-order valence-corrected chi connectivity index (χ1v) is 11.2. The SMILES string of the molecule is CCOc1ccc(C(=O)Oc2ccc(/C=N\NC(=O)c3cc(OC)c(OC)c(OC)c3)cc2OC)cc1. The summed E-state index contributed by atoms with van der Waals surface area (Å²) >= 11 is 0. The van der Waals surface area contributed by atoms with Crippen LogP contribution >= 0.6 is 0 Å². The van der Waals surface area contributed by atoms with Gasteiger partial charge >= 0.3 is 5.97 Å². The van der Waals surface area contributed by atoms with Gasteiger partial charge in [0.25, 0.3) is 5.91 Å². The second kappa shape index (κ2) is 12.8. The molecule has 37 heavy (non-hydrogen) atoms. The molecule has 0 bridgehead atoms. The molecular weight excluding hydrogens is 480 g/mol. The molecule has 0 aliphatic heterocycles. The molecule has 10 nitrogen and oxygen atoms in total. The predicted octanol–water partition coefficient (Wildman–Crippen LogP) is 4.10. The summed E-state index contributed by atoms with van der Waals surface area (Å²) in [5.74, 6) is 1.26. The first-order valence-electron chi connectivity index (χ1n) is 11.2. The molecule has 0 saturated heterocycles. The van der Waals surface area contributed by atoms with E-state index in [0.29, 0.717) is 46.5 Å². The zero-order chi connectivity index (χ0) is 26.8. The molecule has 0 spiro atoms.